The van der Waals surface area contributed by atoms with E-state index in [1.807, 2.05) is 11.9 Å². The van der Waals surface area contributed by atoms with Crippen LogP contribution in [0.15, 0.2) is 4.42 Å². The van der Waals surface area contributed by atoms with E-state index in [2.05, 4.69) is 24.0 Å². The fourth-order valence-corrected chi connectivity index (χ4v) is 1.19. The van der Waals surface area contributed by atoms with E-state index in [-0.39, 0.29) is 0 Å². The molecule has 1 heterocycles. The van der Waals surface area contributed by atoms with E-state index < -0.39 is 0 Å². The van der Waals surface area contributed by atoms with Gasteiger partial charge >= 0.3 is 6.01 Å². The molecule has 0 amide bonds. The predicted octanol–water partition coefficient (Wildman–Crippen LogP) is 2.09. The van der Waals surface area contributed by atoms with Crippen molar-refractivity contribution in [1.29, 1.82) is 0 Å². The lowest BCUT2D eigenvalue weighted by atomic mass is 10.2. The van der Waals surface area contributed by atoms with Crippen LogP contribution in [0, 0.1) is 0 Å². The zero-order valence-electron chi connectivity index (χ0n) is 8.83. The highest BCUT2D eigenvalue weighted by atomic mass is 35.5. The molecule has 4 nitrogen and oxygen atoms in total. The second-order valence-electron chi connectivity index (χ2n) is 3.29. The van der Waals surface area contributed by atoms with Crippen LogP contribution in [-0.2, 0) is 6.42 Å². The minimum atomic E-state index is 0.402. The van der Waals surface area contributed by atoms with Gasteiger partial charge in [-0.25, -0.2) is 0 Å². The molecule has 0 spiro atoms. The molecule has 5 heteroatoms. The Kier molecular flexibility index (Phi) is 4.20. The lowest BCUT2D eigenvalue weighted by molar-refractivity contribution is 0.479. The molecule has 80 valence electrons. The Balaban J connectivity index is 2.65. The van der Waals surface area contributed by atoms with Crippen LogP contribution in [0.2, 0.25) is 0 Å². The van der Waals surface area contributed by atoms with Crippen LogP contribution in [0.3, 0.4) is 0 Å². The Labute approximate surface area is 89.3 Å². The monoisotopic (exact) mass is 217 g/mol. The summed E-state index contributed by atoms with van der Waals surface area (Å²) in [5, 5.41) is 7.86. The van der Waals surface area contributed by atoms with Crippen LogP contribution in [0.5, 0.6) is 0 Å². The highest BCUT2D eigenvalue weighted by Crippen LogP contribution is 2.14. The first-order valence-corrected chi connectivity index (χ1v) is 5.33. The van der Waals surface area contributed by atoms with E-state index >= 15 is 0 Å². The van der Waals surface area contributed by atoms with Gasteiger partial charge in [0, 0.05) is 25.4 Å². The van der Waals surface area contributed by atoms with Gasteiger partial charge < -0.3 is 9.32 Å². The van der Waals surface area contributed by atoms with Crippen molar-refractivity contribution in [2.75, 3.05) is 17.8 Å². The largest absolute Gasteiger partial charge is 0.408 e. The molecular weight excluding hydrogens is 202 g/mol. The van der Waals surface area contributed by atoms with Crippen LogP contribution in [0.1, 0.15) is 26.2 Å². The van der Waals surface area contributed by atoms with Crippen molar-refractivity contribution in [2.24, 2.45) is 0 Å². The summed E-state index contributed by atoms with van der Waals surface area (Å²) in [4.78, 5) is 1.98. The molecule has 1 rings (SSSR count). The summed E-state index contributed by atoms with van der Waals surface area (Å²) in [7, 11) is 1.95. The Morgan fingerprint density at radius 1 is 1.50 bits per heavy atom. The van der Waals surface area contributed by atoms with E-state index in [9.17, 15) is 0 Å². The normalized spacial score (nSPS) is 12.9. The average Bonchev–Trinajstić information content (AvgIpc) is 2.64. The van der Waals surface area contributed by atoms with Crippen LogP contribution < -0.4 is 4.90 Å². The smallest absolute Gasteiger partial charge is 0.318 e. The standard InChI is InChI=1S/C9H16ClN3O/c1-4-7(2)13(3)9-12-11-8(14-9)5-6-10/h7H,4-6H2,1-3H3. The van der Waals surface area contributed by atoms with Crippen LogP contribution in [0.4, 0.5) is 6.01 Å². The van der Waals surface area contributed by atoms with Gasteiger partial charge in [-0.3, -0.25) is 0 Å². The number of aromatic nitrogens is 2. The van der Waals surface area contributed by atoms with Gasteiger partial charge in [-0.2, -0.15) is 0 Å². The van der Waals surface area contributed by atoms with Crippen molar-refractivity contribution in [3.8, 4) is 0 Å². The van der Waals surface area contributed by atoms with Gasteiger partial charge in [0.05, 0.1) is 0 Å². The number of aryl methyl sites for hydroxylation is 1. The second kappa shape index (κ2) is 5.20. The predicted molar refractivity (Wildman–Crippen MR) is 56.9 cm³/mol. The van der Waals surface area contributed by atoms with Gasteiger partial charge in [0.1, 0.15) is 0 Å². The number of hydrogen-bond donors (Lipinski definition) is 0. The number of alkyl halides is 1. The third-order valence-electron chi connectivity index (χ3n) is 2.32. The SMILES string of the molecule is CCC(C)N(C)c1nnc(CCCl)o1. The molecule has 1 unspecified atom stereocenters. The van der Waals surface area contributed by atoms with Crippen molar-refractivity contribution < 1.29 is 4.42 Å². The molecule has 0 saturated carbocycles. The van der Waals surface area contributed by atoms with Crippen LogP contribution in [0.25, 0.3) is 0 Å². The van der Waals surface area contributed by atoms with Crippen LogP contribution >= 0.6 is 11.6 Å². The number of nitrogens with zero attached hydrogens (tertiary/aromatic N) is 3. The van der Waals surface area contributed by atoms with E-state index in [1.54, 1.807) is 0 Å². The Morgan fingerprint density at radius 2 is 2.21 bits per heavy atom. The summed E-state index contributed by atoms with van der Waals surface area (Å²) in [5.74, 6) is 1.11. The van der Waals surface area contributed by atoms with E-state index in [0.29, 0.717) is 30.2 Å². The Hall–Kier alpha value is -0.770. The number of anilines is 1. The van der Waals surface area contributed by atoms with E-state index in [0.717, 1.165) is 6.42 Å². The molecule has 0 bridgehead atoms. The molecule has 0 aliphatic carbocycles. The van der Waals surface area contributed by atoms with Gasteiger partial charge in [0.25, 0.3) is 0 Å². The molecule has 0 saturated heterocycles. The molecule has 1 atom stereocenters. The Bertz CT molecular complexity index is 277. The van der Waals surface area contributed by atoms with Gasteiger partial charge in [0.2, 0.25) is 5.89 Å². The first kappa shape index (κ1) is 11.3. The number of rotatable bonds is 5. The zero-order chi connectivity index (χ0) is 10.6. The molecule has 0 radical (unpaired) electrons. The fraction of sp³-hybridized carbons (Fsp3) is 0.778. The molecule has 0 aliphatic rings. The molecule has 0 aliphatic heterocycles. The molecular formula is C9H16ClN3O. The number of hydrogen-bond acceptors (Lipinski definition) is 4. The quantitative estimate of drug-likeness (QED) is 0.709. The third kappa shape index (κ3) is 2.61. The van der Waals surface area contributed by atoms with E-state index in [4.69, 9.17) is 16.0 Å². The first-order chi connectivity index (χ1) is 6.69. The molecule has 1 aromatic rings. The van der Waals surface area contributed by atoms with Crippen molar-refractivity contribution in [3.63, 3.8) is 0 Å². The molecule has 1 aromatic heterocycles. The summed E-state index contributed by atoms with van der Waals surface area (Å²) in [6, 6.07) is 0.971. The van der Waals surface area contributed by atoms with Gasteiger partial charge in [-0.15, -0.1) is 16.7 Å². The minimum absolute atomic E-state index is 0.402. The molecule has 0 fully saturated rings. The van der Waals surface area contributed by atoms with E-state index in [1.165, 1.54) is 0 Å². The summed E-state index contributed by atoms with van der Waals surface area (Å²) >= 11 is 5.57. The maximum absolute atomic E-state index is 5.57. The van der Waals surface area contributed by atoms with Crippen molar-refractivity contribution >= 4 is 17.6 Å². The molecule has 0 aromatic carbocycles. The van der Waals surface area contributed by atoms with Crippen molar-refractivity contribution in [1.82, 2.24) is 10.2 Å². The summed E-state index contributed by atoms with van der Waals surface area (Å²) in [5.41, 5.74) is 0. The Morgan fingerprint density at radius 3 is 2.79 bits per heavy atom. The maximum atomic E-state index is 5.57. The second-order valence-corrected chi connectivity index (χ2v) is 3.66. The van der Waals surface area contributed by atoms with Crippen LogP contribution in [-0.4, -0.2) is 29.2 Å². The van der Waals surface area contributed by atoms with Gasteiger partial charge in [0.15, 0.2) is 0 Å². The number of halogens is 1. The highest BCUT2D eigenvalue weighted by Gasteiger charge is 2.14. The fourth-order valence-electron chi connectivity index (χ4n) is 1.03. The van der Waals surface area contributed by atoms with Crippen molar-refractivity contribution in [3.05, 3.63) is 5.89 Å². The van der Waals surface area contributed by atoms with Gasteiger partial charge in [-0.05, 0) is 13.3 Å². The zero-order valence-corrected chi connectivity index (χ0v) is 9.58. The third-order valence-corrected chi connectivity index (χ3v) is 2.51. The van der Waals surface area contributed by atoms with Gasteiger partial charge in [-0.1, -0.05) is 12.0 Å². The first-order valence-electron chi connectivity index (χ1n) is 4.80. The average molecular weight is 218 g/mol. The summed E-state index contributed by atoms with van der Waals surface area (Å²) < 4.78 is 5.43. The maximum Gasteiger partial charge on any atom is 0.318 e. The lowest BCUT2D eigenvalue weighted by Crippen LogP contribution is -2.28. The van der Waals surface area contributed by atoms with Crippen molar-refractivity contribution in [2.45, 2.75) is 32.7 Å². The minimum Gasteiger partial charge on any atom is -0.408 e. The highest BCUT2D eigenvalue weighted by molar-refractivity contribution is 6.17. The molecule has 0 N–H and O–H groups in total. The summed E-state index contributed by atoms with van der Waals surface area (Å²) in [6.07, 6.45) is 1.67. The molecule has 14 heavy (non-hydrogen) atoms. The summed E-state index contributed by atoms with van der Waals surface area (Å²) in [6.45, 7) is 4.24. The lowest BCUT2D eigenvalue weighted by Gasteiger charge is -2.20. The topological polar surface area (TPSA) is 42.2 Å².